The molecule has 0 radical (unpaired) electrons. The summed E-state index contributed by atoms with van der Waals surface area (Å²) in [7, 11) is 0. The molecule has 0 fully saturated rings. The van der Waals surface area contributed by atoms with Crippen molar-refractivity contribution in [1.29, 1.82) is 0 Å². The van der Waals surface area contributed by atoms with Gasteiger partial charge in [-0.2, -0.15) is 0 Å². The van der Waals surface area contributed by atoms with Crippen molar-refractivity contribution >= 4 is 12.1 Å². The van der Waals surface area contributed by atoms with Gasteiger partial charge in [-0.1, -0.05) is 44.2 Å². The molecule has 1 atom stereocenters. The van der Waals surface area contributed by atoms with Crippen molar-refractivity contribution in [2.45, 2.75) is 71.8 Å². The van der Waals surface area contributed by atoms with Gasteiger partial charge in [-0.05, 0) is 39.2 Å². The molecular weight excluding hydrogens is 332 g/mol. The maximum Gasteiger partial charge on any atom is 0.407 e. The van der Waals surface area contributed by atoms with Gasteiger partial charge in [-0.15, -0.1) is 0 Å². The van der Waals surface area contributed by atoms with E-state index in [-0.39, 0.29) is 18.6 Å². The Morgan fingerprint density at radius 2 is 1.77 bits per heavy atom. The van der Waals surface area contributed by atoms with Crippen LogP contribution in [0, 0.1) is 0 Å². The number of amides is 1. The van der Waals surface area contributed by atoms with Crippen molar-refractivity contribution in [2.24, 2.45) is 0 Å². The van der Waals surface area contributed by atoms with E-state index in [0.29, 0.717) is 19.4 Å². The third kappa shape index (κ3) is 10.0. The summed E-state index contributed by atoms with van der Waals surface area (Å²) < 4.78 is 10.6. The van der Waals surface area contributed by atoms with Crippen molar-refractivity contribution in [3.05, 3.63) is 35.9 Å². The van der Waals surface area contributed by atoms with E-state index in [4.69, 9.17) is 9.47 Å². The largest absolute Gasteiger partial charge is 0.459 e. The van der Waals surface area contributed by atoms with E-state index in [1.165, 1.54) is 0 Å². The molecule has 0 bridgehead atoms. The van der Waals surface area contributed by atoms with Crippen LogP contribution in [0.25, 0.3) is 0 Å². The Kier molecular flexibility index (Phi) is 9.13. The molecule has 1 unspecified atom stereocenters. The topological polar surface area (TPSA) is 76.7 Å². The van der Waals surface area contributed by atoms with Gasteiger partial charge >= 0.3 is 12.1 Å². The average molecular weight is 364 g/mol. The zero-order chi connectivity index (χ0) is 19.6. The minimum absolute atomic E-state index is 0.163. The maximum absolute atomic E-state index is 12.3. The second kappa shape index (κ2) is 10.8. The second-order valence-corrected chi connectivity index (χ2v) is 7.54. The van der Waals surface area contributed by atoms with Gasteiger partial charge < -0.3 is 20.1 Å². The van der Waals surface area contributed by atoms with Crippen LogP contribution in [0.5, 0.6) is 0 Å². The third-order valence-electron chi connectivity index (χ3n) is 3.38. The van der Waals surface area contributed by atoms with E-state index in [1.807, 2.05) is 65.0 Å². The second-order valence-electron chi connectivity index (χ2n) is 7.54. The molecule has 0 aliphatic rings. The summed E-state index contributed by atoms with van der Waals surface area (Å²) in [4.78, 5) is 24.0. The van der Waals surface area contributed by atoms with E-state index in [0.717, 1.165) is 5.56 Å². The first-order valence-corrected chi connectivity index (χ1v) is 9.11. The maximum atomic E-state index is 12.3. The lowest BCUT2D eigenvalue weighted by Gasteiger charge is -2.25. The minimum atomic E-state index is -0.520. The smallest absolute Gasteiger partial charge is 0.407 e. The van der Waals surface area contributed by atoms with Crippen LogP contribution in [0.15, 0.2) is 30.3 Å². The number of hydrogen-bond acceptors (Lipinski definition) is 5. The summed E-state index contributed by atoms with van der Waals surface area (Å²) in [5.74, 6) is -0.266. The summed E-state index contributed by atoms with van der Waals surface area (Å²) in [5, 5.41) is 5.93. The first-order chi connectivity index (χ1) is 12.2. The first kappa shape index (κ1) is 22.0. The minimum Gasteiger partial charge on any atom is -0.459 e. The number of hydrogen-bond donors (Lipinski definition) is 2. The predicted molar refractivity (Wildman–Crippen MR) is 102 cm³/mol. The Balaban J connectivity index is 2.32. The first-order valence-electron chi connectivity index (χ1n) is 9.11. The number of rotatable bonds is 9. The molecule has 0 spiro atoms. The Morgan fingerprint density at radius 1 is 1.12 bits per heavy atom. The van der Waals surface area contributed by atoms with Crippen molar-refractivity contribution < 1.29 is 19.1 Å². The van der Waals surface area contributed by atoms with Crippen molar-refractivity contribution in [3.8, 4) is 0 Å². The molecule has 0 aromatic heterocycles. The van der Waals surface area contributed by atoms with Gasteiger partial charge in [0.15, 0.2) is 0 Å². The van der Waals surface area contributed by atoms with Gasteiger partial charge in [0.1, 0.15) is 18.2 Å². The Hall–Kier alpha value is -2.08. The number of carbonyl (C=O) groups excluding carboxylic acids is 2. The highest BCUT2D eigenvalue weighted by atomic mass is 16.6. The van der Waals surface area contributed by atoms with Gasteiger partial charge in [0.25, 0.3) is 0 Å². The molecule has 1 aromatic carbocycles. The van der Waals surface area contributed by atoms with Gasteiger partial charge in [-0.3, -0.25) is 4.79 Å². The van der Waals surface area contributed by atoms with Gasteiger partial charge in [-0.25, -0.2) is 4.79 Å². The molecule has 2 N–H and O–H groups in total. The number of alkyl carbamates (subject to hydrolysis) is 1. The Labute approximate surface area is 156 Å². The lowest BCUT2D eigenvalue weighted by molar-refractivity contribution is -0.157. The normalized spacial score (nSPS) is 12.5. The molecule has 1 aromatic rings. The molecule has 26 heavy (non-hydrogen) atoms. The lowest BCUT2D eigenvalue weighted by Crippen LogP contribution is -2.44. The number of carbonyl (C=O) groups is 2. The summed E-state index contributed by atoms with van der Waals surface area (Å²) >= 11 is 0. The summed E-state index contributed by atoms with van der Waals surface area (Å²) in [6.45, 7) is 10.2. The average Bonchev–Trinajstić information content (AvgIpc) is 2.54. The molecule has 0 aliphatic heterocycles. The van der Waals surface area contributed by atoms with Crippen LogP contribution >= 0.6 is 0 Å². The molecular formula is C20H32N2O4. The Bertz CT molecular complexity index is 553. The molecule has 6 nitrogen and oxygen atoms in total. The van der Waals surface area contributed by atoms with E-state index in [1.54, 1.807) is 0 Å². The fraction of sp³-hybridized carbons (Fsp3) is 0.600. The molecule has 146 valence electrons. The van der Waals surface area contributed by atoms with Crippen LogP contribution in [-0.2, 0) is 20.9 Å². The van der Waals surface area contributed by atoms with Crippen molar-refractivity contribution in [2.75, 3.05) is 6.54 Å². The van der Waals surface area contributed by atoms with E-state index >= 15 is 0 Å². The standard InChI is InChI=1S/C20H32N2O4/c1-15(2)22-17(18(23)26-20(3,4)5)12-9-13-21-19(24)25-14-16-10-7-6-8-11-16/h6-8,10-11,15,17,22H,9,12-14H2,1-5H3,(H,21,24). The summed E-state index contributed by atoms with van der Waals surface area (Å²) in [6, 6.07) is 9.28. The van der Waals surface area contributed by atoms with Crippen LogP contribution in [0.4, 0.5) is 4.79 Å². The summed E-state index contributed by atoms with van der Waals surface area (Å²) in [5.41, 5.74) is 0.418. The van der Waals surface area contributed by atoms with Crippen LogP contribution in [0.1, 0.15) is 53.0 Å². The van der Waals surface area contributed by atoms with Gasteiger partial charge in [0.05, 0.1) is 0 Å². The van der Waals surface area contributed by atoms with Crippen LogP contribution in [0.2, 0.25) is 0 Å². The quantitative estimate of drug-likeness (QED) is 0.519. The highest BCUT2D eigenvalue weighted by Crippen LogP contribution is 2.11. The zero-order valence-corrected chi connectivity index (χ0v) is 16.5. The fourth-order valence-electron chi connectivity index (χ4n) is 2.32. The van der Waals surface area contributed by atoms with Crippen molar-refractivity contribution in [3.63, 3.8) is 0 Å². The van der Waals surface area contributed by atoms with Gasteiger partial charge in [0.2, 0.25) is 0 Å². The molecule has 1 rings (SSSR count). The molecule has 0 saturated carbocycles. The number of nitrogens with one attached hydrogen (secondary N) is 2. The monoisotopic (exact) mass is 364 g/mol. The summed E-state index contributed by atoms with van der Waals surface area (Å²) in [6.07, 6.45) is 0.760. The van der Waals surface area contributed by atoms with Gasteiger partial charge in [0, 0.05) is 12.6 Å². The van der Waals surface area contributed by atoms with Crippen LogP contribution in [0.3, 0.4) is 0 Å². The molecule has 0 heterocycles. The van der Waals surface area contributed by atoms with E-state index in [2.05, 4.69) is 10.6 Å². The molecule has 1 amide bonds. The van der Waals surface area contributed by atoms with Crippen LogP contribution in [-0.4, -0.2) is 36.3 Å². The highest BCUT2D eigenvalue weighted by molar-refractivity contribution is 5.76. The third-order valence-corrected chi connectivity index (χ3v) is 3.38. The predicted octanol–water partition coefficient (Wildman–Crippen LogP) is 3.40. The van der Waals surface area contributed by atoms with Crippen molar-refractivity contribution in [1.82, 2.24) is 10.6 Å². The zero-order valence-electron chi connectivity index (χ0n) is 16.5. The SMILES string of the molecule is CC(C)NC(CCCNC(=O)OCc1ccccc1)C(=O)OC(C)(C)C. The molecule has 0 aliphatic carbocycles. The van der Waals surface area contributed by atoms with Crippen LogP contribution < -0.4 is 10.6 Å². The van der Waals surface area contributed by atoms with E-state index < -0.39 is 17.7 Å². The number of benzene rings is 1. The lowest BCUT2D eigenvalue weighted by atomic mass is 10.1. The number of esters is 1. The van der Waals surface area contributed by atoms with E-state index in [9.17, 15) is 9.59 Å². The number of ether oxygens (including phenoxy) is 2. The fourth-order valence-corrected chi connectivity index (χ4v) is 2.32. The molecule has 6 heteroatoms. The molecule has 0 saturated heterocycles. The Morgan fingerprint density at radius 3 is 2.35 bits per heavy atom. The highest BCUT2D eigenvalue weighted by Gasteiger charge is 2.25.